The van der Waals surface area contributed by atoms with Gasteiger partial charge in [0.25, 0.3) is 0 Å². The van der Waals surface area contributed by atoms with Crippen molar-refractivity contribution >= 4 is 17.9 Å². The fraction of sp³-hybridized carbons (Fsp3) is 0.814. The van der Waals surface area contributed by atoms with E-state index in [0.29, 0.717) is 19.3 Å². The molecular formula is C59H106O6. The Balaban J connectivity index is 4.39. The molecule has 0 aliphatic heterocycles. The predicted octanol–water partition coefficient (Wildman–Crippen LogP) is 18.7. The molecule has 0 aromatic rings. The second-order valence-electron chi connectivity index (χ2n) is 18.8. The molecule has 0 fully saturated rings. The Kier molecular flexibility index (Phi) is 51.8. The van der Waals surface area contributed by atoms with Crippen molar-refractivity contribution in [3.63, 3.8) is 0 Å². The summed E-state index contributed by atoms with van der Waals surface area (Å²) in [5, 5.41) is 0. The normalized spacial score (nSPS) is 12.4. The Labute approximate surface area is 403 Å². The molecule has 378 valence electrons. The third-order valence-electron chi connectivity index (χ3n) is 12.3. The lowest BCUT2D eigenvalue weighted by atomic mass is 10.1. The molecule has 0 aromatic heterocycles. The zero-order valence-electron chi connectivity index (χ0n) is 43.3. The minimum absolute atomic E-state index is 0.0825. The molecule has 0 radical (unpaired) electrons. The van der Waals surface area contributed by atoms with Crippen molar-refractivity contribution in [2.45, 2.75) is 297 Å². The van der Waals surface area contributed by atoms with Crippen molar-refractivity contribution in [1.29, 1.82) is 0 Å². The number of carbonyl (C=O) groups is 3. The van der Waals surface area contributed by atoms with Crippen LogP contribution in [0.25, 0.3) is 0 Å². The highest BCUT2D eigenvalue weighted by atomic mass is 16.6. The van der Waals surface area contributed by atoms with Crippen molar-refractivity contribution < 1.29 is 28.6 Å². The van der Waals surface area contributed by atoms with Gasteiger partial charge < -0.3 is 14.2 Å². The number of unbranched alkanes of at least 4 members (excludes halogenated alkanes) is 32. The third-order valence-corrected chi connectivity index (χ3v) is 12.3. The van der Waals surface area contributed by atoms with Crippen LogP contribution in [-0.4, -0.2) is 37.2 Å². The number of allylic oxidation sites excluding steroid dienone is 8. The third kappa shape index (κ3) is 52.2. The van der Waals surface area contributed by atoms with Crippen LogP contribution in [0.2, 0.25) is 0 Å². The topological polar surface area (TPSA) is 78.9 Å². The van der Waals surface area contributed by atoms with Gasteiger partial charge >= 0.3 is 17.9 Å². The molecule has 0 aliphatic carbocycles. The Morgan fingerprint density at radius 1 is 0.308 bits per heavy atom. The van der Waals surface area contributed by atoms with Gasteiger partial charge in [0.15, 0.2) is 6.10 Å². The molecule has 0 amide bonds. The number of hydrogen-bond donors (Lipinski definition) is 0. The summed E-state index contributed by atoms with van der Waals surface area (Å²) in [6.45, 7) is 6.60. The monoisotopic (exact) mass is 911 g/mol. The molecule has 0 aliphatic rings. The maximum atomic E-state index is 12.8. The molecule has 0 heterocycles. The number of rotatable bonds is 51. The molecule has 0 saturated heterocycles. The number of ether oxygens (including phenoxy) is 3. The van der Waals surface area contributed by atoms with Crippen molar-refractivity contribution in [3.8, 4) is 0 Å². The van der Waals surface area contributed by atoms with E-state index >= 15 is 0 Å². The van der Waals surface area contributed by atoms with E-state index in [0.717, 1.165) is 83.5 Å². The van der Waals surface area contributed by atoms with Crippen LogP contribution in [-0.2, 0) is 28.6 Å². The van der Waals surface area contributed by atoms with Crippen molar-refractivity contribution in [1.82, 2.24) is 0 Å². The smallest absolute Gasteiger partial charge is 0.306 e. The van der Waals surface area contributed by atoms with Gasteiger partial charge in [-0.05, 0) is 103 Å². The lowest BCUT2D eigenvalue weighted by molar-refractivity contribution is -0.167. The van der Waals surface area contributed by atoms with Crippen LogP contribution in [0.15, 0.2) is 48.6 Å². The summed E-state index contributed by atoms with van der Waals surface area (Å²) < 4.78 is 16.8. The van der Waals surface area contributed by atoms with E-state index in [1.165, 1.54) is 167 Å². The van der Waals surface area contributed by atoms with Crippen molar-refractivity contribution in [3.05, 3.63) is 48.6 Å². The first-order valence-corrected chi connectivity index (χ1v) is 28.1. The molecule has 1 atom stereocenters. The van der Waals surface area contributed by atoms with Crippen LogP contribution in [0, 0.1) is 0 Å². The number of carbonyl (C=O) groups excluding carboxylic acids is 3. The summed E-state index contributed by atoms with van der Waals surface area (Å²) >= 11 is 0. The lowest BCUT2D eigenvalue weighted by Crippen LogP contribution is -2.30. The van der Waals surface area contributed by atoms with Gasteiger partial charge in [-0.3, -0.25) is 14.4 Å². The van der Waals surface area contributed by atoms with E-state index in [1.54, 1.807) is 0 Å². The van der Waals surface area contributed by atoms with E-state index < -0.39 is 6.10 Å². The Hall–Kier alpha value is -2.63. The second kappa shape index (κ2) is 54.0. The lowest BCUT2D eigenvalue weighted by Gasteiger charge is -2.18. The van der Waals surface area contributed by atoms with Gasteiger partial charge in [0.1, 0.15) is 13.2 Å². The van der Waals surface area contributed by atoms with Gasteiger partial charge in [0.2, 0.25) is 0 Å². The van der Waals surface area contributed by atoms with Crippen LogP contribution in [0.3, 0.4) is 0 Å². The van der Waals surface area contributed by atoms with Crippen LogP contribution >= 0.6 is 0 Å². The molecule has 0 rings (SSSR count). The van der Waals surface area contributed by atoms with Crippen molar-refractivity contribution in [2.24, 2.45) is 0 Å². The van der Waals surface area contributed by atoms with Gasteiger partial charge in [-0.15, -0.1) is 0 Å². The minimum Gasteiger partial charge on any atom is -0.462 e. The number of hydrogen-bond acceptors (Lipinski definition) is 6. The first-order valence-electron chi connectivity index (χ1n) is 28.1. The fourth-order valence-corrected chi connectivity index (χ4v) is 7.99. The second-order valence-corrected chi connectivity index (χ2v) is 18.8. The summed E-state index contributed by atoms with van der Waals surface area (Å²) in [4.78, 5) is 38.1. The highest BCUT2D eigenvalue weighted by Gasteiger charge is 2.19. The summed E-state index contributed by atoms with van der Waals surface area (Å²) in [5.74, 6) is -0.900. The predicted molar refractivity (Wildman–Crippen MR) is 279 cm³/mol. The van der Waals surface area contributed by atoms with Crippen LogP contribution in [0.1, 0.15) is 290 Å². The van der Waals surface area contributed by atoms with Crippen LogP contribution < -0.4 is 0 Å². The summed E-state index contributed by atoms with van der Waals surface area (Å²) in [7, 11) is 0. The van der Waals surface area contributed by atoms with E-state index in [1.807, 2.05) is 0 Å². The molecule has 0 aromatic carbocycles. The van der Waals surface area contributed by atoms with Gasteiger partial charge in [-0.1, -0.05) is 217 Å². The van der Waals surface area contributed by atoms with Gasteiger partial charge in [0, 0.05) is 19.3 Å². The Morgan fingerprint density at radius 2 is 0.554 bits per heavy atom. The highest BCUT2D eigenvalue weighted by molar-refractivity contribution is 5.71. The molecule has 1 unspecified atom stereocenters. The van der Waals surface area contributed by atoms with Gasteiger partial charge in [0.05, 0.1) is 0 Å². The quantitative estimate of drug-likeness (QED) is 0.0262. The van der Waals surface area contributed by atoms with Crippen molar-refractivity contribution in [2.75, 3.05) is 13.2 Å². The fourth-order valence-electron chi connectivity index (χ4n) is 7.99. The van der Waals surface area contributed by atoms with Crippen LogP contribution in [0.5, 0.6) is 0 Å². The molecule has 6 heteroatoms. The molecular weight excluding hydrogens is 805 g/mol. The standard InChI is InChI=1S/C59H106O6/c1-4-7-10-13-16-19-22-25-27-29-31-34-37-40-43-46-49-52-58(61)64-55-56(54-63-57(60)51-48-45-42-39-36-33-24-21-18-15-12-9-6-3)65-59(62)53-50-47-44-41-38-35-32-30-28-26-23-20-17-14-11-8-5-2/h16,19,25-28,33,36,56H,4-15,17-18,20-24,29-32,34-35,37-55H2,1-3H3/b19-16-,27-25-,28-26-,36-33-. The van der Waals surface area contributed by atoms with Crippen LogP contribution in [0.4, 0.5) is 0 Å². The van der Waals surface area contributed by atoms with E-state index in [4.69, 9.17) is 14.2 Å². The zero-order chi connectivity index (χ0) is 47.2. The number of esters is 3. The molecule has 0 saturated carbocycles. The maximum absolute atomic E-state index is 12.8. The molecule has 6 nitrogen and oxygen atoms in total. The maximum Gasteiger partial charge on any atom is 0.306 e. The summed E-state index contributed by atoms with van der Waals surface area (Å²) in [5.41, 5.74) is 0. The Morgan fingerprint density at radius 3 is 0.908 bits per heavy atom. The molecule has 65 heavy (non-hydrogen) atoms. The zero-order valence-corrected chi connectivity index (χ0v) is 43.3. The Bertz CT molecular complexity index is 1140. The van der Waals surface area contributed by atoms with Gasteiger partial charge in [-0.2, -0.15) is 0 Å². The largest absolute Gasteiger partial charge is 0.462 e. The summed E-state index contributed by atoms with van der Waals surface area (Å²) in [6.07, 6.45) is 65.2. The summed E-state index contributed by atoms with van der Waals surface area (Å²) in [6, 6.07) is 0. The molecule has 0 N–H and O–H groups in total. The average molecular weight is 911 g/mol. The van der Waals surface area contributed by atoms with E-state index in [-0.39, 0.29) is 31.1 Å². The average Bonchev–Trinajstić information content (AvgIpc) is 3.30. The molecule has 0 spiro atoms. The highest BCUT2D eigenvalue weighted by Crippen LogP contribution is 2.15. The first kappa shape index (κ1) is 62.4. The molecule has 0 bridgehead atoms. The minimum atomic E-state index is -0.783. The first-order chi connectivity index (χ1) is 32.0. The SMILES string of the molecule is CCCCC/C=C\C/C=C\CCCCCCCCCC(=O)OCC(COC(=O)CCCCC/C=C\CCCCCCCC)OC(=O)CCCCCCCCC/C=C\CCCCCCCC. The van der Waals surface area contributed by atoms with Gasteiger partial charge in [-0.25, -0.2) is 0 Å². The van der Waals surface area contributed by atoms with E-state index in [9.17, 15) is 14.4 Å². The van der Waals surface area contributed by atoms with E-state index in [2.05, 4.69) is 69.4 Å².